The number of rotatable bonds is 7. The molecule has 5 heteroatoms. The zero-order valence-electron chi connectivity index (χ0n) is 17.9. The van der Waals surface area contributed by atoms with Gasteiger partial charge in [-0.3, -0.25) is 9.89 Å². The van der Waals surface area contributed by atoms with Gasteiger partial charge in [0.1, 0.15) is 5.75 Å². The van der Waals surface area contributed by atoms with Gasteiger partial charge < -0.3 is 15.4 Å². The van der Waals surface area contributed by atoms with Gasteiger partial charge in [-0.25, -0.2) is 0 Å². The van der Waals surface area contributed by atoms with E-state index in [1.54, 1.807) is 0 Å². The van der Waals surface area contributed by atoms with Crippen molar-refractivity contribution >= 4 is 5.96 Å². The number of hydrogen-bond acceptors (Lipinski definition) is 3. The van der Waals surface area contributed by atoms with E-state index >= 15 is 0 Å². The van der Waals surface area contributed by atoms with E-state index in [9.17, 15) is 0 Å². The van der Waals surface area contributed by atoms with Gasteiger partial charge in [-0.2, -0.15) is 0 Å². The number of benzene rings is 2. The Hall–Kier alpha value is -2.53. The lowest BCUT2D eigenvalue weighted by molar-refractivity contribution is 0.198. The number of aryl methyl sites for hydroxylation is 1. The van der Waals surface area contributed by atoms with Crippen molar-refractivity contribution in [3.05, 3.63) is 65.2 Å². The quantitative estimate of drug-likeness (QED) is 0.555. The van der Waals surface area contributed by atoms with Crippen molar-refractivity contribution in [3.8, 4) is 5.75 Å². The summed E-state index contributed by atoms with van der Waals surface area (Å²) in [6, 6.07) is 17.5. The summed E-state index contributed by atoms with van der Waals surface area (Å²) in [6.07, 6.45) is 2.27. The summed E-state index contributed by atoms with van der Waals surface area (Å²) in [5, 5.41) is 7.04. The first-order valence-corrected chi connectivity index (χ1v) is 10.6. The molecule has 2 aromatic rings. The SMILES string of the molecule is CCOc1ccc(CNC(=NC)NC2CCN(Cc3ccccc3)CC2)cc1C. The number of aliphatic imine (C=N–C) groups is 1. The average Bonchev–Trinajstić information content (AvgIpc) is 2.75. The second-order valence-electron chi connectivity index (χ2n) is 7.64. The number of ether oxygens (including phenoxy) is 1. The summed E-state index contributed by atoms with van der Waals surface area (Å²) in [6.45, 7) is 8.81. The van der Waals surface area contributed by atoms with Crippen molar-refractivity contribution in [2.45, 2.75) is 45.8 Å². The molecule has 1 fully saturated rings. The zero-order valence-corrected chi connectivity index (χ0v) is 17.9. The Labute approximate surface area is 175 Å². The highest BCUT2D eigenvalue weighted by Crippen LogP contribution is 2.19. The van der Waals surface area contributed by atoms with E-state index in [1.165, 1.54) is 16.7 Å². The number of guanidine groups is 1. The largest absolute Gasteiger partial charge is 0.494 e. The van der Waals surface area contributed by atoms with Crippen LogP contribution < -0.4 is 15.4 Å². The lowest BCUT2D eigenvalue weighted by Gasteiger charge is -2.33. The predicted octanol–water partition coefficient (Wildman–Crippen LogP) is 3.72. The van der Waals surface area contributed by atoms with Gasteiger partial charge in [0.2, 0.25) is 0 Å². The summed E-state index contributed by atoms with van der Waals surface area (Å²) in [5.41, 5.74) is 3.79. The van der Waals surface area contributed by atoms with Crippen LogP contribution in [-0.2, 0) is 13.1 Å². The number of nitrogens with one attached hydrogen (secondary N) is 2. The fraction of sp³-hybridized carbons (Fsp3) is 0.458. The molecule has 156 valence electrons. The van der Waals surface area contributed by atoms with Gasteiger partial charge in [0, 0.05) is 39.3 Å². The minimum Gasteiger partial charge on any atom is -0.494 e. The summed E-state index contributed by atoms with van der Waals surface area (Å²) in [5.74, 6) is 1.83. The molecule has 0 amide bonds. The molecule has 1 heterocycles. The smallest absolute Gasteiger partial charge is 0.191 e. The third-order valence-electron chi connectivity index (χ3n) is 5.40. The molecule has 29 heavy (non-hydrogen) atoms. The molecule has 0 bridgehead atoms. The Bertz CT molecular complexity index is 783. The molecule has 1 saturated heterocycles. The molecular weight excluding hydrogens is 360 g/mol. The Morgan fingerprint density at radius 1 is 1.10 bits per heavy atom. The highest BCUT2D eigenvalue weighted by molar-refractivity contribution is 5.80. The molecule has 0 unspecified atom stereocenters. The number of likely N-dealkylation sites (tertiary alicyclic amines) is 1. The van der Waals surface area contributed by atoms with Crippen molar-refractivity contribution in [1.82, 2.24) is 15.5 Å². The molecule has 1 aliphatic rings. The topological polar surface area (TPSA) is 48.9 Å². The van der Waals surface area contributed by atoms with Crippen molar-refractivity contribution in [3.63, 3.8) is 0 Å². The van der Waals surface area contributed by atoms with Crippen LogP contribution in [0.4, 0.5) is 0 Å². The normalized spacial score (nSPS) is 15.9. The molecule has 0 aliphatic carbocycles. The van der Waals surface area contributed by atoms with Crippen LogP contribution in [0.25, 0.3) is 0 Å². The fourth-order valence-electron chi connectivity index (χ4n) is 3.79. The van der Waals surface area contributed by atoms with E-state index in [0.29, 0.717) is 12.6 Å². The monoisotopic (exact) mass is 394 g/mol. The second kappa shape index (κ2) is 10.9. The van der Waals surface area contributed by atoms with Crippen LogP contribution in [0.15, 0.2) is 53.5 Å². The fourth-order valence-corrected chi connectivity index (χ4v) is 3.79. The maximum Gasteiger partial charge on any atom is 0.191 e. The minimum absolute atomic E-state index is 0.468. The second-order valence-corrected chi connectivity index (χ2v) is 7.64. The highest BCUT2D eigenvalue weighted by Gasteiger charge is 2.20. The van der Waals surface area contributed by atoms with Crippen LogP contribution in [0.1, 0.15) is 36.5 Å². The number of piperidine rings is 1. The van der Waals surface area contributed by atoms with Crippen LogP contribution in [0, 0.1) is 6.92 Å². The molecule has 5 nitrogen and oxygen atoms in total. The maximum absolute atomic E-state index is 5.62. The van der Waals surface area contributed by atoms with Gasteiger partial charge >= 0.3 is 0 Å². The van der Waals surface area contributed by atoms with E-state index in [0.717, 1.165) is 50.7 Å². The first-order chi connectivity index (χ1) is 14.2. The lowest BCUT2D eigenvalue weighted by Crippen LogP contribution is -2.48. The molecule has 0 aromatic heterocycles. The van der Waals surface area contributed by atoms with Crippen LogP contribution in [0.5, 0.6) is 5.75 Å². The average molecular weight is 395 g/mol. The van der Waals surface area contributed by atoms with Crippen molar-refractivity contribution < 1.29 is 4.74 Å². The zero-order chi connectivity index (χ0) is 20.5. The summed E-state index contributed by atoms with van der Waals surface area (Å²) in [7, 11) is 1.84. The van der Waals surface area contributed by atoms with Crippen LogP contribution >= 0.6 is 0 Å². The van der Waals surface area contributed by atoms with Gasteiger partial charge in [-0.1, -0.05) is 42.5 Å². The first kappa shape index (κ1) is 21.2. The Balaban J connectivity index is 1.43. The van der Waals surface area contributed by atoms with Crippen molar-refractivity contribution in [1.29, 1.82) is 0 Å². The summed E-state index contributed by atoms with van der Waals surface area (Å²) >= 11 is 0. The van der Waals surface area contributed by atoms with E-state index < -0.39 is 0 Å². The van der Waals surface area contributed by atoms with Crippen molar-refractivity contribution in [2.75, 3.05) is 26.7 Å². The Morgan fingerprint density at radius 2 is 1.86 bits per heavy atom. The first-order valence-electron chi connectivity index (χ1n) is 10.6. The van der Waals surface area contributed by atoms with E-state index in [-0.39, 0.29) is 0 Å². The summed E-state index contributed by atoms with van der Waals surface area (Å²) < 4.78 is 5.62. The molecule has 3 rings (SSSR count). The number of hydrogen-bond donors (Lipinski definition) is 2. The molecule has 2 aromatic carbocycles. The lowest BCUT2D eigenvalue weighted by atomic mass is 10.0. The van der Waals surface area contributed by atoms with Gasteiger partial charge in [0.25, 0.3) is 0 Å². The maximum atomic E-state index is 5.62. The third kappa shape index (κ3) is 6.50. The molecule has 0 atom stereocenters. The van der Waals surface area contributed by atoms with Gasteiger partial charge in [-0.15, -0.1) is 0 Å². The molecule has 2 N–H and O–H groups in total. The van der Waals surface area contributed by atoms with E-state index in [4.69, 9.17) is 4.74 Å². The standard InChI is InChI=1S/C24H34N4O/c1-4-29-23-11-10-21(16-19(23)2)17-26-24(25-3)27-22-12-14-28(15-13-22)18-20-8-6-5-7-9-20/h5-11,16,22H,4,12-15,17-18H2,1-3H3,(H2,25,26,27). The predicted molar refractivity (Wildman–Crippen MR) is 120 cm³/mol. The van der Waals surface area contributed by atoms with E-state index in [2.05, 4.69) is 76.0 Å². The van der Waals surface area contributed by atoms with Crippen molar-refractivity contribution in [2.24, 2.45) is 4.99 Å². The molecular formula is C24H34N4O. The number of nitrogens with zero attached hydrogens (tertiary/aromatic N) is 2. The van der Waals surface area contributed by atoms with E-state index in [1.807, 2.05) is 14.0 Å². The molecule has 1 aliphatic heterocycles. The highest BCUT2D eigenvalue weighted by atomic mass is 16.5. The summed E-state index contributed by atoms with van der Waals surface area (Å²) in [4.78, 5) is 6.94. The van der Waals surface area contributed by atoms with Gasteiger partial charge in [-0.05, 0) is 49.4 Å². The van der Waals surface area contributed by atoms with Crippen LogP contribution in [0.3, 0.4) is 0 Å². The Morgan fingerprint density at radius 3 is 2.52 bits per heavy atom. The van der Waals surface area contributed by atoms with Crippen LogP contribution in [0.2, 0.25) is 0 Å². The Kier molecular flexibility index (Phi) is 7.94. The minimum atomic E-state index is 0.468. The van der Waals surface area contributed by atoms with Crippen LogP contribution in [-0.4, -0.2) is 43.6 Å². The molecule has 0 saturated carbocycles. The molecule has 0 radical (unpaired) electrons. The van der Waals surface area contributed by atoms with Gasteiger partial charge in [0.05, 0.1) is 6.61 Å². The third-order valence-corrected chi connectivity index (χ3v) is 5.40. The van der Waals surface area contributed by atoms with Gasteiger partial charge in [0.15, 0.2) is 5.96 Å². The molecule has 0 spiro atoms.